The van der Waals surface area contributed by atoms with Crippen LogP contribution in [0.15, 0.2) is 6.20 Å². The average molecular weight is 278 g/mol. The van der Waals surface area contributed by atoms with Gasteiger partial charge in [0.1, 0.15) is 6.04 Å². The van der Waals surface area contributed by atoms with Crippen molar-refractivity contribution in [1.29, 1.82) is 0 Å². The minimum absolute atomic E-state index is 0.000377. The summed E-state index contributed by atoms with van der Waals surface area (Å²) in [4.78, 5) is 26.2. The number of nitrogens with one attached hydrogen (secondary N) is 1. The van der Waals surface area contributed by atoms with Gasteiger partial charge in [-0.2, -0.15) is 5.10 Å². The van der Waals surface area contributed by atoms with Crippen LogP contribution in [0, 0.1) is 6.92 Å². The monoisotopic (exact) mass is 278 g/mol. The van der Waals surface area contributed by atoms with E-state index >= 15 is 0 Å². The Labute approximate surface area is 119 Å². The molecule has 0 aromatic carbocycles. The van der Waals surface area contributed by atoms with E-state index in [1.165, 1.54) is 6.42 Å². The highest BCUT2D eigenvalue weighted by Gasteiger charge is 2.24. The van der Waals surface area contributed by atoms with Crippen molar-refractivity contribution < 1.29 is 9.59 Å². The molecular weight excluding hydrogens is 256 g/mol. The fourth-order valence-electron chi connectivity index (χ4n) is 2.55. The Balaban J connectivity index is 1.96. The van der Waals surface area contributed by atoms with Crippen LogP contribution >= 0.6 is 0 Å². The SMILES string of the molecule is Cc1nn(C)cc1C(=O)N[C@@H](C)C(=O)N1CCCCC1. The summed E-state index contributed by atoms with van der Waals surface area (Å²) < 4.78 is 1.60. The zero-order valence-electron chi connectivity index (χ0n) is 12.3. The molecular formula is C14H22N4O2. The van der Waals surface area contributed by atoms with E-state index in [4.69, 9.17) is 0 Å². The number of amides is 2. The first kappa shape index (κ1) is 14.6. The van der Waals surface area contributed by atoms with Crippen LogP contribution in [0.25, 0.3) is 0 Å². The van der Waals surface area contributed by atoms with Gasteiger partial charge in [-0.15, -0.1) is 0 Å². The maximum atomic E-state index is 12.2. The van der Waals surface area contributed by atoms with Crippen molar-refractivity contribution in [3.63, 3.8) is 0 Å². The van der Waals surface area contributed by atoms with Gasteiger partial charge in [0.2, 0.25) is 5.91 Å². The summed E-state index contributed by atoms with van der Waals surface area (Å²) in [6, 6.07) is -0.500. The zero-order valence-corrected chi connectivity index (χ0v) is 12.3. The second kappa shape index (κ2) is 6.07. The molecule has 2 heterocycles. The van der Waals surface area contributed by atoms with Gasteiger partial charge in [-0.3, -0.25) is 14.3 Å². The van der Waals surface area contributed by atoms with Crippen LogP contribution in [-0.2, 0) is 11.8 Å². The van der Waals surface area contributed by atoms with Crippen molar-refractivity contribution in [1.82, 2.24) is 20.0 Å². The Bertz CT molecular complexity index is 503. The summed E-state index contributed by atoms with van der Waals surface area (Å²) in [6.07, 6.45) is 4.95. The van der Waals surface area contributed by atoms with Crippen LogP contribution in [0.3, 0.4) is 0 Å². The molecule has 0 unspecified atom stereocenters. The molecule has 20 heavy (non-hydrogen) atoms. The van der Waals surface area contributed by atoms with Crippen LogP contribution in [-0.4, -0.2) is 45.6 Å². The van der Waals surface area contributed by atoms with Gasteiger partial charge in [-0.05, 0) is 33.1 Å². The first-order valence-electron chi connectivity index (χ1n) is 7.09. The second-order valence-electron chi connectivity index (χ2n) is 5.38. The van der Waals surface area contributed by atoms with Gasteiger partial charge in [-0.1, -0.05) is 0 Å². The number of carbonyl (C=O) groups excluding carboxylic acids is 2. The van der Waals surface area contributed by atoms with E-state index in [0.29, 0.717) is 11.3 Å². The van der Waals surface area contributed by atoms with E-state index in [0.717, 1.165) is 25.9 Å². The van der Waals surface area contributed by atoms with Crippen molar-refractivity contribution in [2.24, 2.45) is 7.05 Å². The fraction of sp³-hybridized carbons (Fsp3) is 0.643. The molecule has 1 fully saturated rings. The summed E-state index contributed by atoms with van der Waals surface area (Å²) in [5, 5.41) is 6.90. The number of rotatable bonds is 3. The van der Waals surface area contributed by atoms with Crippen LogP contribution in [0.2, 0.25) is 0 Å². The van der Waals surface area contributed by atoms with Crippen LogP contribution in [0.4, 0.5) is 0 Å². The summed E-state index contributed by atoms with van der Waals surface area (Å²) in [5.41, 5.74) is 1.19. The lowest BCUT2D eigenvalue weighted by Gasteiger charge is -2.29. The topological polar surface area (TPSA) is 67.2 Å². The highest BCUT2D eigenvalue weighted by molar-refractivity contribution is 5.98. The predicted octanol–water partition coefficient (Wildman–Crippen LogP) is 0.859. The Morgan fingerprint density at radius 3 is 2.50 bits per heavy atom. The number of nitrogens with zero attached hydrogens (tertiary/aromatic N) is 3. The highest BCUT2D eigenvalue weighted by Crippen LogP contribution is 2.10. The lowest BCUT2D eigenvalue weighted by atomic mass is 10.1. The molecule has 0 bridgehead atoms. The standard InChI is InChI=1S/C14H22N4O2/c1-10-12(9-17(3)16-10)13(19)15-11(2)14(20)18-7-5-4-6-8-18/h9,11H,4-8H2,1-3H3,(H,15,19)/t11-/m0/s1. The Hall–Kier alpha value is -1.85. The van der Waals surface area contributed by atoms with E-state index in [1.54, 1.807) is 31.8 Å². The van der Waals surface area contributed by atoms with Gasteiger partial charge in [0.15, 0.2) is 0 Å². The molecule has 1 aliphatic rings. The lowest BCUT2D eigenvalue weighted by Crippen LogP contribution is -2.48. The van der Waals surface area contributed by atoms with Gasteiger partial charge in [0, 0.05) is 26.3 Å². The number of aromatic nitrogens is 2. The molecule has 6 nitrogen and oxygen atoms in total. The molecule has 2 rings (SSSR count). The summed E-state index contributed by atoms with van der Waals surface area (Å²) in [7, 11) is 1.77. The first-order chi connectivity index (χ1) is 9.49. The predicted molar refractivity (Wildman–Crippen MR) is 75.3 cm³/mol. The molecule has 1 aromatic rings. The normalized spacial score (nSPS) is 16.9. The maximum Gasteiger partial charge on any atom is 0.255 e. The van der Waals surface area contributed by atoms with Crippen molar-refractivity contribution in [3.8, 4) is 0 Å². The summed E-state index contributed by atoms with van der Waals surface area (Å²) >= 11 is 0. The highest BCUT2D eigenvalue weighted by atomic mass is 16.2. The van der Waals surface area contributed by atoms with Crippen LogP contribution in [0.5, 0.6) is 0 Å². The third-order valence-electron chi connectivity index (χ3n) is 3.64. The molecule has 1 atom stereocenters. The van der Waals surface area contributed by atoms with E-state index in [9.17, 15) is 9.59 Å². The number of hydrogen-bond donors (Lipinski definition) is 1. The molecule has 2 amide bonds. The van der Waals surface area contributed by atoms with Crippen LogP contribution < -0.4 is 5.32 Å². The minimum atomic E-state index is -0.500. The van der Waals surface area contributed by atoms with E-state index < -0.39 is 6.04 Å². The largest absolute Gasteiger partial charge is 0.341 e. The molecule has 0 radical (unpaired) electrons. The third kappa shape index (κ3) is 3.18. The van der Waals surface area contributed by atoms with Gasteiger partial charge in [0.25, 0.3) is 5.91 Å². The third-order valence-corrected chi connectivity index (χ3v) is 3.64. The molecule has 1 aromatic heterocycles. The first-order valence-corrected chi connectivity index (χ1v) is 7.09. The van der Waals surface area contributed by atoms with E-state index in [2.05, 4.69) is 10.4 Å². The minimum Gasteiger partial charge on any atom is -0.341 e. The maximum absolute atomic E-state index is 12.2. The second-order valence-corrected chi connectivity index (χ2v) is 5.38. The Morgan fingerprint density at radius 1 is 1.30 bits per heavy atom. The van der Waals surface area contributed by atoms with Gasteiger partial charge in [-0.25, -0.2) is 0 Å². The van der Waals surface area contributed by atoms with Crippen molar-refractivity contribution in [3.05, 3.63) is 17.5 Å². The average Bonchev–Trinajstić information content (AvgIpc) is 2.78. The number of likely N-dealkylation sites (tertiary alicyclic amines) is 1. The fourth-order valence-corrected chi connectivity index (χ4v) is 2.55. The molecule has 0 spiro atoms. The smallest absolute Gasteiger partial charge is 0.255 e. The van der Waals surface area contributed by atoms with Gasteiger partial charge >= 0.3 is 0 Å². The lowest BCUT2D eigenvalue weighted by molar-refractivity contribution is -0.133. The van der Waals surface area contributed by atoms with E-state index in [-0.39, 0.29) is 11.8 Å². The zero-order chi connectivity index (χ0) is 14.7. The quantitative estimate of drug-likeness (QED) is 0.891. The Morgan fingerprint density at radius 2 is 1.95 bits per heavy atom. The summed E-state index contributed by atoms with van der Waals surface area (Å²) in [5.74, 6) is -0.243. The molecule has 1 saturated heterocycles. The number of carbonyl (C=O) groups is 2. The van der Waals surface area contributed by atoms with E-state index in [1.807, 2.05) is 4.90 Å². The van der Waals surface area contributed by atoms with Crippen LogP contribution in [0.1, 0.15) is 42.2 Å². The van der Waals surface area contributed by atoms with Crippen molar-refractivity contribution >= 4 is 11.8 Å². The van der Waals surface area contributed by atoms with Gasteiger partial charge < -0.3 is 10.2 Å². The van der Waals surface area contributed by atoms with Crippen molar-refractivity contribution in [2.45, 2.75) is 39.2 Å². The number of piperidine rings is 1. The molecule has 0 aliphatic carbocycles. The molecule has 6 heteroatoms. The molecule has 110 valence electrons. The van der Waals surface area contributed by atoms with Crippen molar-refractivity contribution in [2.75, 3.05) is 13.1 Å². The Kier molecular flexibility index (Phi) is 4.42. The summed E-state index contributed by atoms with van der Waals surface area (Å²) in [6.45, 7) is 5.11. The molecule has 1 aliphatic heterocycles. The number of aryl methyl sites for hydroxylation is 2. The number of hydrogen-bond acceptors (Lipinski definition) is 3. The molecule has 1 N–H and O–H groups in total. The van der Waals surface area contributed by atoms with Gasteiger partial charge in [0.05, 0.1) is 11.3 Å². The molecule has 0 saturated carbocycles.